The minimum Gasteiger partial charge on any atom is -0.489 e. The van der Waals surface area contributed by atoms with E-state index >= 15 is 0 Å². The second-order valence-corrected chi connectivity index (χ2v) is 7.42. The van der Waals surface area contributed by atoms with Gasteiger partial charge in [-0.3, -0.25) is 0 Å². The van der Waals surface area contributed by atoms with E-state index in [-0.39, 0.29) is 5.41 Å². The molecule has 3 unspecified atom stereocenters. The molecule has 0 radical (unpaired) electrons. The molecule has 1 saturated carbocycles. The summed E-state index contributed by atoms with van der Waals surface area (Å²) in [6, 6.07) is 9.09. The Hall–Kier alpha value is -1.02. The van der Waals surface area contributed by atoms with Gasteiger partial charge in [0.05, 0.1) is 0 Å². The molecule has 0 spiro atoms. The molecule has 0 bridgehead atoms. The third kappa shape index (κ3) is 4.23. The van der Waals surface area contributed by atoms with Crippen LogP contribution in [-0.4, -0.2) is 19.2 Å². The van der Waals surface area contributed by atoms with E-state index in [1.165, 1.54) is 31.2 Å². The largest absolute Gasteiger partial charge is 0.489 e. The van der Waals surface area contributed by atoms with Crippen LogP contribution < -0.4 is 10.1 Å². The molecule has 1 aromatic rings. The summed E-state index contributed by atoms with van der Waals surface area (Å²) in [5.41, 5.74) is 1.50. The second-order valence-electron chi connectivity index (χ2n) is 7.42. The van der Waals surface area contributed by atoms with Crippen LogP contribution in [0.5, 0.6) is 5.75 Å². The predicted molar refractivity (Wildman–Crippen MR) is 90.0 cm³/mol. The number of likely N-dealkylation sites (N-methyl/N-ethyl adjacent to an activating group) is 1. The van der Waals surface area contributed by atoms with E-state index in [0.717, 1.165) is 11.7 Å². The maximum atomic E-state index is 6.36. The molecule has 0 aliphatic heterocycles. The Kier molecular flexibility index (Phi) is 5.32. The second kappa shape index (κ2) is 6.83. The van der Waals surface area contributed by atoms with Gasteiger partial charge in [0.1, 0.15) is 11.9 Å². The summed E-state index contributed by atoms with van der Waals surface area (Å²) >= 11 is 0. The Morgan fingerprint density at radius 1 is 1.24 bits per heavy atom. The molecule has 118 valence electrons. The predicted octanol–water partition coefficient (Wildman–Crippen LogP) is 4.53. The highest BCUT2D eigenvalue weighted by molar-refractivity contribution is 5.32. The molecule has 1 aromatic carbocycles. The summed E-state index contributed by atoms with van der Waals surface area (Å²) in [5, 5.41) is 3.44. The topological polar surface area (TPSA) is 21.3 Å². The molecular formula is C19H31NO. The van der Waals surface area contributed by atoms with E-state index < -0.39 is 0 Å². The van der Waals surface area contributed by atoms with Crippen molar-refractivity contribution >= 4 is 0 Å². The van der Waals surface area contributed by atoms with Crippen molar-refractivity contribution in [1.29, 1.82) is 0 Å². The summed E-state index contributed by atoms with van der Waals surface area (Å²) in [5.74, 6) is 1.83. The van der Waals surface area contributed by atoms with Crippen molar-refractivity contribution in [2.24, 2.45) is 5.92 Å². The van der Waals surface area contributed by atoms with Gasteiger partial charge in [-0.1, -0.05) is 46.2 Å². The Bertz CT molecular complexity index is 449. The van der Waals surface area contributed by atoms with E-state index in [2.05, 4.69) is 64.3 Å². The molecule has 3 atom stereocenters. The lowest BCUT2D eigenvalue weighted by molar-refractivity contribution is 0.0881. The standard InChI is InChI=1S/C19H31NO/c1-6-14-10-11-17(20-5)18(12-14)21-16-9-7-8-15(13-16)19(2,3)4/h7-9,13-14,17-18,20H,6,10-12H2,1-5H3. The van der Waals surface area contributed by atoms with Crippen molar-refractivity contribution in [3.63, 3.8) is 0 Å². The van der Waals surface area contributed by atoms with Gasteiger partial charge in [-0.25, -0.2) is 0 Å². The molecule has 1 fully saturated rings. The van der Waals surface area contributed by atoms with Crippen molar-refractivity contribution in [3.8, 4) is 5.75 Å². The molecule has 21 heavy (non-hydrogen) atoms. The lowest BCUT2D eigenvalue weighted by atomic mass is 9.82. The number of ether oxygens (including phenoxy) is 1. The van der Waals surface area contributed by atoms with Crippen LogP contribution in [0.1, 0.15) is 58.9 Å². The molecule has 0 heterocycles. The van der Waals surface area contributed by atoms with Gasteiger partial charge in [0.15, 0.2) is 0 Å². The zero-order valence-electron chi connectivity index (χ0n) is 14.3. The third-order valence-electron chi connectivity index (χ3n) is 4.84. The molecule has 1 aliphatic rings. The van der Waals surface area contributed by atoms with Gasteiger partial charge < -0.3 is 10.1 Å². The Labute approximate surface area is 130 Å². The maximum absolute atomic E-state index is 6.36. The van der Waals surface area contributed by atoms with Crippen LogP contribution in [-0.2, 0) is 5.41 Å². The quantitative estimate of drug-likeness (QED) is 0.879. The van der Waals surface area contributed by atoms with Crippen molar-refractivity contribution in [2.75, 3.05) is 7.05 Å². The Balaban J connectivity index is 2.11. The van der Waals surface area contributed by atoms with E-state index in [9.17, 15) is 0 Å². The number of nitrogens with one attached hydrogen (secondary N) is 1. The van der Waals surface area contributed by atoms with Crippen LogP contribution >= 0.6 is 0 Å². The normalized spacial score (nSPS) is 26.6. The van der Waals surface area contributed by atoms with Gasteiger partial charge in [0, 0.05) is 6.04 Å². The van der Waals surface area contributed by atoms with Gasteiger partial charge in [-0.2, -0.15) is 0 Å². The number of hydrogen-bond donors (Lipinski definition) is 1. The van der Waals surface area contributed by atoms with Gasteiger partial charge in [-0.05, 0) is 55.3 Å². The Morgan fingerprint density at radius 3 is 2.62 bits per heavy atom. The van der Waals surface area contributed by atoms with Crippen LogP contribution in [0.4, 0.5) is 0 Å². The van der Waals surface area contributed by atoms with Crippen molar-refractivity contribution < 1.29 is 4.74 Å². The van der Waals surface area contributed by atoms with E-state index in [0.29, 0.717) is 12.1 Å². The van der Waals surface area contributed by atoms with Crippen LogP contribution in [0.2, 0.25) is 0 Å². The number of rotatable bonds is 4. The monoisotopic (exact) mass is 289 g/mol. The fourth-order valence-electron chi connectivity index (χ4n) is 3.25. The summed E-state index contributed by atoms with van der Waals surface area (Å²) in [4.78, 5) is 0. The zero-order valence-corrected chi connectivity index (χ0v) is 14.3. The summed E-state index contributed by atoms with van der Waals surface area (Å²) in [6.45, 7) is 9.03. The van der Waals surface area contributed by atoms with Crippen LogP contribution in [0.15, 0.2) is 24.3 Å². The summed E-state index contributed by atoms with van der Waals surface area (Å²) < 4.78 is 6.36. The summed E-state index contributed by atoms with van der Waals surface area (Å²) in [6.07, 6.45) is 5.27. The zero-order chi connectivity index (χ0) is 15.5. The third-order valence-corrected chi connectivity index (χ3v) is 4.84. The van der Waals surface area contributed by atoms with Gasteiger partial charge in [-0.15, -0.1) is 0 Å². The lowest BCUT2D eigenvalue weighted by Crippen LogP contribution is -2.45. The summed E-state index contributed by atoms with van der Waals surface area (Å²) in [7, 11) is 2.05. The highest BCUT2D eigenvalue weighted by atomic mass is 16.5. The molecule has 1 aliphatic carbocycles. The smallest absolute Gasteiger partial charge is 0.120 e. The molecule has 2 rings (SSSR count). The molecule has 2 nitrogen and oxygen atoms in total. The van der Waals surface area contributed by atoms with Crippen molar-refractivity contribution in [1.82, 2.24) is 5.32 Å². The first kappa shape index (κ1) is 16.4. The fourth-order valence-corrected chi connectivity index (χ4v) is 3.25. The van der Waals surface area contributed by atoms with Gasteiger partial charge >= 0.3 is 0 Å². The fraction of sp³-hybridized carbons (Fsp3) is 0.684. The molecular weight excluding hydrogens is 258 g/mol. The number of hydrogen-bond acceptors (Lipinski definition) is 2. The molecule has 2 heteroatoms. The molecule has 0 aromatic heterocycles. The molecule has 0 saturated heterocycles. The average molecular weight is 289 g/mol. The first-order chi connectivity index (χ1) is 9.94. The maximum Gasteiger partial charge on any atom is 0.120 e. The lowest BCUT2D eigenvalue weighted by Gasteiger charge is -2.36. The minimum absolute atomic E-state index is 0.167. The van der Waals surface area contributed by atoms with Gasteiger partial charge in [0.2, 0.25) is 0 Å². The van der Waals surface area contributed by atoms with Gasteiger partial charge in [0.25, 0.3) is 0 Å². The van der Waals surface area contributed by atoms with E-state index in [4.69, 9.17) is 4.74 Å². The highest BCUT2D eigenvalue weighted by Gasteiger charge is 2.30. The minimum atomic E-state index is 0.167. The van der Waals surface area contributed by atoms with E-state index in [1.54, 1.807) is 0 Å². The molecule has 0 amide bonds. The first-order valence-electron chi connectivity index (χ1n) is 8.38. The SMILES string of the molecule is CCC1CCC(NC)C(Oc2cccc(C(C)(C)C)c2)C1. The van der Waals surface area contributed by atoms with Crippen LogP contribution in [0.25, 0.3) is 0 Å². The van der Waals surface area contributed by atoms with Crippen molar-refractivity contribution in [2.45, 2.75) is 70.9 Å². The first-order valence-corrected chi connectivity index (χ1v) is 8.38. The van der Waals surface area contributed by atoms with Crippen molar-refractivity contribution in [3.05, 3.63) is 29.8 Å². The van der Waals surface area contributed by atoms with E-state index in [1.807, 2.05) is 0 Å². The highest BCUT2D eigenvalue weighted by Crippen LogP contribution is 2.31. The van der Waals surface area contributed by atoms with Crippen LogP contribution in [0, 0.1) is 5.92 Å². The molecule has 1 N–H and O–H groups in total. The number of benzene rings is 1. The Morgan fingerprint density at radius 2 is 2.00 bits per heavy atom. The average Bonchev–Trinajstić information content (AvgIpc) is 2.46. The van der Waals surface area contributed by atoms with Crippen LogP contribution in [0.3, 0.4) is 0 Å².